The van der Waals surface area contributed by atoms with Gasteiger partial charge < -0.3 is 25.3 Å². The van der Waals surface area contributed by atoms with Crippen molar-refractivity contribution in [2.45, 2.75) is 78.3 Å². The van der Waals surface area contributed by atoms with Gasteiger partial charge in [-0.25, -0.2) is 4.39 Å². The number of pyridine rings is 1. The van der Waals surface area contributed by atoms with Gasteiger partial charge >= 0.3 is 0 Å². The average Bonchev–Trinajstić information content (AvgIpc) is 3.65. The summed E-state index contributed by atoms with van der Waals surface area (Å²) in [7, 11) is 1.57. The van der Waals surface area contributed by atoms with E-state index in [1.807, 2.05) is 18.7 Å². The van der Waals surface area contributed by atoms with Crippen molar-refractivity contribution in [3.8, 4) is 0 Å². The lowest BCUT2D eigenvalue weighted by atomic mass is 9.82. The Morgan fingerprint density at radius 2 is 1.95 bits per heavy atom. The lowest BCUT2D eigenvalue weighted by Gasteiger charge is -2.34. The van der Waals surface area contributed by atoms with Gasteiger partial charge in [-0.3, -0.25) is 14.6 Å². The number of ether oxygens (including phenoxy) is 1. The molecule has 4 aliphatic rings. The molecule has 0 bridgehead atoms. The Balaban J connectivity index is 0.000000354. The molecule has 6 rings (SSSR count). The number of aromatic nitrogens is 1. The number of aldehydes is 1. The first kappa shape index (κ1) is 29.8. The number of rotatable bonds is 6. The van der Waals surface area contributed by atoms with Crippen molar-refractivity contribution < 1.29 is 28.6 Å². The standard InChI is InChI=1S/C25H27FN2O3.C4H8.C2H5NO2/c1-4-14(11-29)17-8-22-24-18(10-28(22)25(30)19(17)12-31-3)16-7-5-6-15-13(2)20(26)9-21(27-24)23(15)16;1-4-2-3-4;3-2(5)1-4/h9,11,14,22H,4-8,10,12H2,1-3H3;4H,2-3H2,1H3;4H,1H2,(H2,3,5). The van der Waals surface area contributed by atoms with Crippen molar-refractivity contribution in [2.75, 3.05) is 20.3 Å². The van der Waals surface area contributed by atoms with Crippen LogP contribution >= 0.6 is 0 Å². The van der Waals surface area contributed by atoms with Crippen molar-refractivity contribution in [1.29, 1.82) is 0 Å². The highest BCUT2D eigenvalue weighted by Gasteiger charge is 2.44. The van der Waals surface area contributed by atoms with Crippen LogP contribution in [0.1, 0.15) is 79.9 Å². The Morgan fingerprint density at radius 1 is 1.30 bits per heavy atom. The van der Waals surface area contributed by atoms with Gasteiger partial charge in [0.05, 0.1) is 23.9 Å². The van der Waals surface area contributed by atoms with E-state index in [-0.39, 0.29) is 30.3 Å². The third-order valence-corrected chi connectivity index (χ3v) is 8.40. The molecule has 0 radical (unpaired) electrons. The third kappa shape index (κ3) is 5.81. The lowest BCUT2D eigenvalue weighted by molar-refractivity contribution is -0.131. The van der Waals surface area contributed by atoms with Crippen molar-refractivity contribution in [3.63, 3.8) is 0 Å². The Kier molecular flexibility index (Phi) is 9.36. The molecule has 3 heterocycles. The Hall–Kier alpha value is -3.17. The summed E-state index contributed by atoms with van der Waals surface area (Å²) in [4.78, 5) is 41.4. The molecular weight excluding hydrogens is 513 g/mol. The monoisotopic (exact) mass is 553 g/mol. The molecule has 8 nitrogen and oxygen atoms in total. The molecule has 1 aromatic heterocycles. The number of hydrogen-bond acceptors (Lipinski definition) is 6. The first-order valence-corrected chi connectivity index (χ1v) is 14.2. The number of hydrogen-bond donors (Lipinski definition) is 2. The molecule has 2 unspecified atom stereocenters. The maximum atomic E-state index is 14.6. The van der Waals surface area contributed by atoms with E-state index in [9.17, 15) is 18.8 Å². The van der Waals surface area contributed by atoms with E-state index < -0.39 is 12.5 Å². The molecule has 2 amide bonds. The van der Waals surface area contributed by atoms with Crippen LogP contribution < -0.4 is 5.73 Å². The molecule has 2 aromatic rings. The fourth-order valence-corrected chi connectivity index (χ4v) is 5.95. The molecule has 2 aliphatic carbocycles. The van der Waals surface area contributed by atoms with Crippen LogP contribution in [0.15, 0.2) is 17.2 Å². The number of aliphatic hydroxyl groups is 1. The topological polar surface area (TPSA) is 123 Å². The molecule has 2 atom stereocenters. The predicted octanol–water partition coefficient (Wildman–Crippen LogP) is 4.01. The summed E-state index contributed by atoms with van der Waals surface area (Å²) in [5, 5.41) is 8.75. The molecule has 1 fully saturated rings. The smallest absolute Gasteiger partial charge is 0.252 e. The van der Waals surface area contributed by atoms with E-state index in [0.717, 1.165) is 59.2 Å². The largest absolute Gasteiger partial charge is 0.387 e. The highest BCUT2D eigenvalue weighted by atomic mass is 19.1. The van der Waals surface area contributed by atoms with Crippen LogP contribution in [0, 0.1) is 24.6 Å². The fraction of sp³-hybridized carbons (Fsp3) is 0.548. The van der Waals surface area contributed by atoms with Crippen molar-refractivity contribution >= 4 is 29.0 Å². The maximum Gasteiger partial charge on any atom is 0.252 e. The van der Waals surface area contributed by atoms with E-state index in [4.69, 9.17) is 14.8 Å². The zero-order chi connectivity index (χ0) is 29.1. The number of aliphatic hydroxyl groups excluding tert-OH is 1. The number of nitrogens with two attached hydrogens (primary N) is 1. The zero-order valence-corrected chi connectivity index (χ0v) is 23.9. The molecule has 0 saturated heterocycles. The van der Waals surface area contributed by atoms with Crippen LogP contribution in [0.2, 0.25) is 0 Å². The quantitative estimate of drug-likeness (QED) is 0.521. The SMILES string of the molecule is CC1CC1.CCC(C=O)C1=C(COC)C(=O)N2Cc3c(nc4cc(F)c(C)c5c4c3CCC5)C2C1.NC(=O)CO. The third-order valence-electron chi connectivity index (χ3n) is 8.40. The van der Waals surface area contributed by atoms with Crippen LogP contribution in [-0.4, -0.2) is 53.4 Å². The van der Waals surface area contributed by atoms with Gasteiger partial charge in [-0.1, -0.05) is 26.7 Å². The summed E-state index contributed by atoms with van der Waals surface area (Å²) in [5.74, 6) is -0.191. The summed E-state index contributed by atoms with van der Waals surface area (Å²) in [6.45, 7) is 6.25. The molecular formula is C31H40FN3O5. The number of nitrogens with zero attached hydrogens (tertiary/aromatic N) is 2. The average molecular weight is 554 g/mol. The number of carbonyl (C=O) groups excluding carboxylic acids is 3. The van der Waals surface area contributed by atoms with Gasteiger partial charge in [0.2, 0.25) is 5.91 Å². The minimum Gasteiger partial charge on any atom is -0.387 e. The maximum absolute atomic E-state index is 14.6. The molecule has 1 aromatic carbocycles. The summed E-state index contributed by atoms with van der Waals surface area (Å²) < 4.78 is 20.0. The second-order valence-electron chi connectivity index (χ2n) is 11.2. The number of fused-ring (bicyclic) bond motifs is 4. The van der Waals surface area contributed by atoms with Gasteiger partial charge in [-0.05, 0) is 72.8 Å². The van der Waals surface area contributed by atoms with Crippen LogP contribution in [0.3, 0.4) is 0 Å². The normalized spacial score (nSPS) is 19.7. The first-order valence-electron chi connectivity index (χ1n) is 14.2. The van der Waals surface area contributed by atoms with Crippen molar-refractivity contribution in [1.82, 2.24) is 9.88 Å². The fourth-order valence-electron chi connectivity index (χ4n) is 5.95. The summed E-state index contributed by atoms with van der Waals surface area (Å²) in [6, 6.07) is 1.34. The van der Waals surface area contributed by atoms with Crippen LogP contribution in [0.4, 0.5) is 4.39 Å². The molecule has 3 N–H and O–H groups in total. The second-order valence-corrected chi connectivity index (χ2v) is 11.2. The van der Waals surface area contributed by atoms with Crippen molar-refractivity contribution in [2.24, 2.45) is 17.6 Å². The van der Waals surface area contributed by atoms with Crippen LogP contribution in [0.5, 0.6) is 0 Å². The molecule has 9 heteroatoms. The molecule has 40 heavy (non-hydrogen) atoms. The predicted molar refractivity (Wildman–Crippen MR) is 150 cm³/mol. The van der Waals surface area contributed by atoms with Gasteiger partial charge in [-0.15, -0.1) is 0 Å². The summed E-state index contributed by atoms with van der Waals surface area (Å²) in [5.41, 5.74) is 11.6. The van der Waals surface area contributed by atoms with E-state index in [2.05, 4.69) is 12.7 Å². The van der Waals surface area contributed by atoms with Gasteiger partial charge in [0.25, 0.3) is 5.91 Å². The van der Waals surface area contributed by atoms with Gasteiger partial charge in [-0.2, -0.15) is 0 Å². The highest BCUT2D eigenvalue weighted by Crippen LogP contribution is 2.47. The van der Waals surface area contributed by atoms with Gasteiger partial charge in [0, 0.05) is 36.6 Å². The lowest BCUT2D eigenvalue weighted by Crippen LogP contribution is -2.38. The molecule has 0 spiro atoms. The number of benzene rings is 1. The highest BCUT2D eigenvalue weighted by molar-refractivity contribution is 5.98. The number of halogens is 1. The molecule has 216 valence electrons. The van der Waals surface area contributed by atoms with E-state index >= 15 is 0 Å². The summed E-state index contributed by atoms with van der Waals surface area (Å²) >= 11 is 0. The van der Waals surface area contributed by atoms with Crippen LogP contribution in [0.25, 0.3) is 10.9 Å². The minimum atomic E-state index is -0.690. The van der Waals surface area contributed by atoms with Crippen molar-refractivity contribution in [3.05, 3.63) is 51.0 Å². The van der Waals surface area contributed by atoms with E-state index in [0.29, 0.717) is 36.0 Å². The summed E-state index contributed by atoms with van der Waals surface area (Å²) in [6.07, 6.45) is 7.89. The molecule has 1 saturated carbocycles. The Labute approximate surface area is 234 Å². The van der Waals surface area contributed by atoms with Gasteiger partial charge in [0.15, 0.2) is 0 Å². The van der Waals surface area contributed by atoms with Crippen LogP contribution in [-0.2, 0) is 38.5 Å². The zero-order valence-electron chi connectivity index (χ0n) is 23.9. The minimum absolute atomic E-state index is 0.0685. The number of methoxy groups -OCH3 is 1. The molecule has 2 aliphatic heterocycles. The first-order chi connectivity index (χ1) is 19.2. The van der Waals surface area contributed by atoms with E-state index in [1.54, 1.807) is 13.2 Å². The second kappa shape index (κ2) is 12.6. The number of aryl methyl sites for hydroxylation is 2. The van der Waals surface area contributed by atoms with E-state index in [1.165, 1.54) is 18.4 Å². The van der Waals surface area contributed by atoms with Gasteiger partial charge in [0.1, 0.15) is 18.7 Å². The Morgan fingerprint density at radius 3 is 2.50 bits per heavy atom. The number of primary amides is 1. The number of amides is 2. The number of carbonyl (C=O) groups is 3. The Bertz CT molecular complexity index is 1350.